The van der Waals surface area contributed by atoms with Crippen LogP contribution >= 0.6 is 0 Å². The molecule has 0 atom stereocenters. The summed E-state index contributed by atoms with van der Waals surface area (Å²) in [5.41, 5.74) is 2.09. The van der Waals surface area contributed by atoms with Crippen molar-refractivity contribution in [3.63, 3.8) is 0 Å². The third kappa shape index (κ3) is 3.06. The van der Waals surface area contributed by atoms with Gasteiger partial charge >= 0.3 is 0 Å². The summed E-state index contributed by atoms with van der Waals surface area (Å²) >= 11 is 0. The van der Waals surface area contributed by atoms with E-state index in [2.05, 4.69) is 9.88 Å². The zero-order valence-corrected chi connectivity index (χ0v) is 12.4. The topological polar surface area (TPSA) is 86.3 Å². The average molecular weight is 309 g/mol. The minimum absolute atomic E-state index is 0.0429. The summed E-state index contributed by atoms with van der Waals surface area (Å²) in [7, 11) is 0. The number of rotatable bonds is 3. The lowest BCUT2D eigenvalue weighted by Crippen LogP contribution is -2.46. The van der Waals surface area contributed by atoms with Gasteiger partial charge in [-0.3, -0.25) is 15.1 Å². The van der Waals surface area contributed by atoms with Gasteiger partial charge in [-0.05, 0) is 24.3 Å². The molecular formula is C16H15N5O2. The molecule has 0 saturated carbocycles. The zero-order valence-electron chi connectivity index (χ0n) is 12.4. The average Bonchev–Trinajstić information content (AvgIpc) is 2.62. The number of nitro benzene ring substituents is 1. The quantitative estimate of drug-likeness (QED) is 0.638. The van der Waals surface area contributed by atoms with Gasteiger partial charge in [-0.15, -0.1) is 0 Å². The van der Waals surface area contributed by atoms with E-state index in [4.69, 9.17) is 5.26 Å². The largest absolute Gasteiger partial charge is 0.368 e. The van der Waals surface area contributed by atoms with Gasteiger partial charge in [0.2, 0.25) is 0 Å². The van der Waals surface area contributed by atoms with Crippen LogP contribution < -0.4 is 9.80 Å². The standard InChI is InChI=1S/C16H15N5O2/c17-12-13-1-2-15(21(22)23)16(11-13)20-9-7-19(8-10-20)14-3-5-18-6-4-14/h1-6,11H,7-10H2. The number of hydrogen-bond donors (Lipinski definition) is 0. The number of aromatic nitrogens is 1. The third-order valence-corrected chi connectivity index (χ3v) is 3.95. The van der Waals surface area contributed by atoms with Crippen LogP contribution in [0.2, 0.25) is 0 Å². The smallest absolute Gasteiger partial charge is 0.292 e. The summed E-state index contributed by atoms with van der Waals surface area (Å²) in [6.07, 6.45) is 3.51. The molecule has 2 heterocycles. The molecule has 1 fully saturated rings. The van der Waals surface area contributed by atoms with Crippen molar-refractivity contribution in [1.82, 2.24) is 4.98 Å². The Morgan fingerprint density at radius 1 is 1.09 bits per heavy atom. The van der Waals surface area contributed by atoms with Crippen LogP contribution in [0, 0.1) is 21.4 Å². The van der Waals surface area contributed by atoms with E-state index in [-0.39, 0.29) is 5.69 Å². The molecule has 3 rings (SSSR count). The van der Waals surface area contributed by atoms with Crippen molar-refractivity contribution in [2.75, 3.05) is 36.0 Å². The van der Waals surface area contributed by atoms with Crippen molar-refractivity contribution in [2.24, 2.45) is 0 Å². The maximum atomic E-state index is 11.2. The predicted octanol–water partition coefficient (Wildman–Crippen LogP) is 2.19. The number of nitrogens with zero attached hydrogens (tertiary/aromatic N) is 5. The van der Waals surface area contributed by atoms with E-state index in [9.17, 15) is 10.1 Å². The molecule has 7 nitrogen and oxygen atoms in total. The first-order valence-corrected chi connectivity index (χ1v) is 7.27. The van der Waals surface area contributed by atoms with Gasteiger partial charge in [0.05, 0.1) is 16.6 Å². The summed E-state index contributed by atoms with van der Waals surface area (Å²) in [6, 6.07) is 10.4. The molecule has 0 spiro atoms. The van der Waals surface area contributed by atoms with Crippen LogP contribution in [0.25, 0.3) is 0 Å². The van der Waals surface area contributed by atoms with E-state index in [0.717, 1.165) is 18.8 Å². The summed E-state index contributed by atoms with van der Waals surface area (Å²) in [5, 5.41) is 20.3. The molecule has 1 aromatic carbocycles. The fourth-order valence-electron chi connectivity index (χ4n) is 2.76. The van der Waals surface area contributed by atoms with Gasteiger partial charge in [0.15, 0.2) is 0 Å². The highest BCUT2D eigenvalue weighted by molar-refractivity contribution is 5.66. The monoisotopic (exact) mass is 309 g/mol. The second kappa shape index (κ2) is 6.32. The van der Waals surface area contributed by atoms with Crippen molar-refractivity contribution in [1.29, 1.82) is 5.26 Å². The van der Waals surface area contributed by atoms with E-state index in [1.54, 1.807) is 18.5 Å². The maximum absolute atomic E-state index is 11.2. The Bertz CT molecular complexity index is 749. The van der Waals surface area contributed by atoms with Crippen LogP contribution in [0.15, 0.2) is 42.7 Å². The molecule has 1 aliphatic heterocycles. The number of nitriles is 1. The minimum atomic E-state index is -0.397. The van der Waals surface area contributed by atoms with Gasteiger partial charge < -0.3 is 9.80 Å². The second-order valence-electron chi connectivity index (χ2n) is 5.25. The first-order chi connectivity index (χ1) is 11.2. The Hall–Kier alpha value is -3.14. The Morgan fingerprint density at radius 3 is 2.35 bits per heavy atom. The van der Waals surface area contributed by atoms with E-state index in [0.29, 0.717) is 24.3 Å². The molecule has 0 aliphatic carbocycles. The van der Waals surface area contributed by atoms with Crippen molar-refractivity contribution in [2.45, 2.75) is 0 Å². The molecule has 7 heteroatoms. The molecular weight excluding hydrogens is 294 g/mol. The highest BCUT2D eigenvalue weighted by atomic mass is 16.6. The van der Waals surface area contributed by atoms with Crippen molar-refractivity contribution >= 4 is 17.1 Å². The fraction of sp³-hybridized carbons (Fsp3) is 0.250. The van der Waals surface area contributed by atoms with E-state index in [1.165, 1.54) is 12.1 Å². The third-order valence-electron chi connectivity index (χ3n) is 3.95. The predicted molar refractivity (Wildman–Crippen MR) is 86.5 cm³/mol. The van der Waals surface area contributed by atoms with E-state index < -0.39 is 4.92 Å². The van der Waals surface area contributed by atoms with Crippen LogP contribution in [0.3, 0.4) is 0 Å². The van der Waals surface area contributed by atoms with Crippen LogP contribution in [-0.4, -0.2) is 36.1 Å². The highest BCUT2D eigenvalue weighted by Crippen LogP contribution is 2.30. The number of anilines is 2. The number of benzene rings is 1. The molecule has 0 bridgehead atoms. The van der Waals surface area contributed by atoms with Gasteiger partial charge in [-0.1, -0.05) is 0 Å². The van der Waals surface area contributed by atoms with Gasteiger partial charge in [0, 0.05) is 50.3 Å². The first-order valence-electron chi connectivity index (χ1n) is 7.27. The molecule has 0 unspecified atom stereocenters. The van der Waals surface area contributed by atoms with Crippen molar-refractivity contribution < 1.29 is 4.92 Å². The maximum Gasteiger partial charge on any atom is 0.292 e. The zero-order chi connectivity index (χ0) is 16.2. The van der Waals surface area contributed by atoms with Gasteiger partial charge in [0.25, 0.3) is 5.69 Å². The molecule has 1 saturated heterocycles. The van der Waals surface area contributed by atoms with Crippen molar-refractivity contribution in [3.05, 3.63) is 58.4 Å². The van der Waals surface area contributed by atoms with Crippen LogP contribution in [0.1, 0.15) is 5.56 Å². The Kier molecular flexibility index (Phi) is 4.06. The Balaban J connectivity index is 1.80. The lowest BCUT2D eigenvalue weighted by molar-refractivity contribution is -0.384. The molecule has 23 heavy (non-hydrogen) atoms. The number of piperazine rings is 1. The molecule has 116 valence electrons. The normalized spacial score (nSPS) is 14.4. The molecule has 1 aliphatic rings. The van der Waals surface area contributed by atoms with E-state index in [1.807, 2.05) is 23.1 Å². The summed E-state index contributed by atoms with van der Waals surface area (Å²) in [6.45, 7) is 2.85. The molecule has 0 amide bonds. The Labute approximate surface area is 133 Å². The molecule has 1 aromatic heterocycles. The summed E-state index contributed by atoms with van der Waals surface area (Å²) in [5.74, 6) is 0. The lowest BCUT2D eigenvalue weighted by Gasteiger charge is -2.37. The number of hydrogen-bond acceptors (Lipinski definition) is 6. The minimum Gasteiger partial charge on any atom is -0.368 e. The highest BCUT2D eigenvalue weighted by Gasteiger charge is 2.24. The summed E-state index contributed by atoms with van der Waals surface area (Å²) in [4.78, 5) is 19.0. The fourth-order valence-corrected chi connectivity index (χ4v) is 2.76. The van der Waals surface area contributed by atoms with Crippen molar-refractivity contribution in [3.8, 4) is 6.07 Å². The van der Waals surface area contributed by atoms with Crippen LogP contribution in [0.4, 0.5) is 17.1 Å². The molecule has 0 radical (unpaired) electrons. The number of nitro groups is 1. The second-order valence-corrected chi connectivity index (χ2v) is 5.25. The van der Waals surface area contributed by atoms with E-state index >= 15 is 0 Å². The van der Waals surface area contributed by atoms with Gasteiger partial charge in [-0.2, -0.15) is 5.26 Å². The molecule has 2 aromatic rings. The van der Waals surface area contributed by atoms with Gasteiger partial charge in [-0.25, -0.2) is 0 Å². The van der Waals surface area contributed by atoms with Gasteiger partial charge in [0.1, 0.15) is 5.69 Å². The van der Waals surface area contributed by atoms with Crippen LogP contribution in [0.5, 0.6) is 0 Å². The molecule has 0 N–H and O–H groups in total. The number of pyridine rings is 1. The summed E-state index contributed by atoms with van der Waals surface area (Å²) < 4.78 is 0. The SMILES string of the molecule is N#Cc1ccc([N+](=O)[O-])c(N2CCN(c3ccncc3)CC2)c1. The lowest BCUT2D eigenvalue weighted by atomic mass is 10.1. The Morgan fingerprint density at radius 2 is 1.74 bits per heavy atom. The van der Waals surface area contributed by atoms with Crippen LogP contribution in [-0.2, 0) is 0 Å². The first kappa shape index (κ1) is 14.8.